The lowest BCUT2D eigenvalue weighted by Gasteiger charge is -2.30. The van der Waals surface area contributed by atoms with E-state index in [-0.39, 0.29) is 23.3 Å². The lowest BCUT2D eigenvalue weighted by atomic mass is 9.93. The average Bonchev–Trinajstić information content (AvgIpc) is 3.17. The van der Waals surface area contributed by atoms with E-state index >= 15 is 0 Å². The Labute approximate surface area is 160 Å². The summed E-state index contributed by atoms with van der Waals surface area (Å²) in [6.07, 6.45) is 2.95. The molecule has 6 heteroatoms. The molecule has 0 saturated carbocycles. The number of benzene rings is 1. The van der Waals surface area contributed by atoms with Crippen molar-refractivity contribution in [2.45, 2.75) is 39.3 Å². The summed E-state index contributed by atoms with van der Waals surface area (Å²) in [7, 11) is 4.06. The van der Waals surface area contributed by atoms with Crippen molar-refractivity contribution in [2.24, 2.45) is 5.41 Å². The summed E-state index contributed by atoms with van der Waals surface area (Å²) in [4.78, 5) is 32.3. The van der Waals surface area contributed by atoms with Crippen LogP contribution in [0.25, 0.3) is 10.9 Å². The highest BCUT2D eigenvalue weighted by atomic mass is 16.2. The predicted octanol–water partition coefficient (Wildman–Crippen LogP) is 2.36. The molecule has 2 heterocycles. The molecular formula is C21H30N4O2. The van der Waals surface area contributed by atoms with Crippen molar-refractivity contribution in [3.05, 3.63) is 36.0 Å². The Morgan fingerprint density at radius 2 is 2.07 bits per heavy atom. The van der Waals surface area contributed by atoms with Gasteiger partial charge in [-0.2, -0.15) is 0 Å². The second kappa shape index (κ2) is 7.72. The molecule has 3 rings (SSSR count). The number of carbonyl (C=O) groups is 2. The second-order valence-corrected chi connectivity index (χ2v) is 8.56. The van der Waals surface area contributed by atoms with Gasteiger partial charge in [-0.15, -0.1) is 0 Å². The Morgan fingerprint density at radius 1 is 1.33 bits per heavy atom. The third kappa shape index (κ3) is 4.50. The average molecular weight is 370 g/mol. The van der Waals surface area contributed by atoms with E-state index in [2.05, 4.69) is 29.0 Å². The minimum atomic E-state index is -0.388. The number of hydrogen-bond acceptors (Lipinski definition) is 3. The number of amides is 2. The van der Waals surface area contributed by atoms with Gasteiger partial charge < -0.3 is 20.1 Å². The number of nitrogens with zero attached hydrogens (tertiary/aromatic N) is 2. The van der Waals surface area contributed by atoms with Crippen LogP contribution < -0.4 is 5.32 Å². The number of fused-ring (bicyclic) bond motifs is 1. The molecule has 0 spiro atoms. The zero-order valence-corrected chi connectivity index (χ0v) is 16.7. The Balaban J connectivity index is 1.68. The number of nitrogens with one attached hydrogen (secondary N) is 2. The molecule has 1 atom stereocenters. The summed E-state index contributed by atoms with van der Waals surface area (Å²) in [5.74, 6) is 0.000468. The lowest BCUT2D eigenvalue weighted by Crippen LogP contribution is -2.48. The molecule has 0 aliphatic carbocycles. The van der Waals surface area contributed by atoms with Crippen LogP contribution in [0.15, 0.2) is 30.5 Å². The molecule has 27 heavy (non-hydrogen) atoms. The first-order chi connectivity index (χ1) is 12.8. The van der Waals surface area contributed by atoms with E-state index in [1.54, 1.807) is 4.90 Å². The predicted molar refractivity (Wildman–Crippen MR) is 107 cm³/mol. The van der Waals surface area contributed by atoms with E-state index in [1.165, 1.54) is 0 Å². The van der Waals surface area contributed by atoms with Gasteiger partial charge in [-0.05, 0) is 37.6 Å². The van der Waals surface area contributed by atoms with E-state index in [0.29, 0.717) is 25.9 Å². The summed E-state index contributed by atoms with van der Waals surface area (Å²) in [6.45, 7) is 6.21. The Kier molecular flexibility index (Phi) is 5.56. The van der Waals surface area contributed by atoms with E-state index in [4.69, 9.17) is 0 Å². The van der Waals surface area contributed by atoms with Crippen molar-refractivity contribution in [3.63, 3.8) is 0 Å². The molecule has 2 N–H and O–H groups in total. The van der Waals surface area contributed by atoms with E-state index in [1.807, 2.05) is 44.6 Å². The summed E-state index contributed by atoms with van der Waals surface area (Å²) in [5.41, 5.74) is 2.07. The standard InChI is InChI=1S/C21H30N4O2/c1-21(2,14-24(3)4)13-23-20(27)18-9-10-19(26)25(18)12-15-11-22-17-8-6-5-7-16(15)17/h5-8,11,18,22H,9-10,12-14H2,1-4H3,(H,23,27). The number of H-pyrrole nitrogens is 1. The molecule has 1 aromatic carbocycles. The number of hydrogen-bond donors (Lipinski definition) is 2. The van der Waals surface area contributed by atoms with Crippen molar-refractivity contribution in [1.82, 2.24) is 20.1 Å². The maximum atomic E-state index is 12.8. The third-order valence-electron chi connectivity index (χ3n) is 5.13. The number of para-hydroxylation sites is 1. The van der Waals surface area contributed by atoms with Crippen LogP contribution in [0, 0.1) is 5.41 Å². The Bertz CT molecular complexity index is 824. The minimum absolute atomic E-state index is 0.0244. The Morgan fingerprint density at radius 3 is 2.81 bits per heavy atom. The van der Waals surface area contributed by atoms with Crippen LogP contribution in [0.5, 0.6) is 0 Å². The molecular weight excluding hydrogens is 340 g/mol. The van der Waals surface area contributed by atoms with E-state index < -0.39 is 0 Å². The molecule has 146 valence electrons. The summed E-state index contributed by atoms with van der Waals surface area (Å²) in [6, 6.07) is 7.64. The van der Waals surface area contributed by atoms with Crippen LogP contribution in [0.2, 0.25) is 0 Å². The topological polar surface area (TPSA) is 68.4 Å². The zero-order valence-electron chi connectivity index (χ0n) is 16.7. The van der Waals surface area contributed by atoms with Gasteiger partial charge in [-0.1, -0.05) is 32.0 Å². The van der Waals surface area contributed by atoms with Crippen LogP contribution >= 0.6 is 0 Å². The Hall–Kier alpha value is -2.34. The summed E-state index contributed by atoms with van der Waals surface area (Å²) in [5, 5.41) is 4.17. The first-order valence-corrected chi connectivity index (χ1v) is 9.54. The fraction of sp³-hybridized carbons (Fsp3) is 0.524. The monoisotopic (exact) mass is 370 g/mol. The van der Waals surface area contributed by atoms with Gasteiger partial charge in [0.2, 0.25) is 11.8 Å². The van der Waals surface area contributed by atoms with Crippen molar-refractivity contribution in [3.8, 4) is 0 Å². The van der Waals surface area contributed by atoms with Gasteiger partial charge in [0.15, 0.2) is 0 Å². The maximum Gasteiger partial charge on any atom is 0.242 e. The first kappa shape index (κ1) is 19.4. The molecule has 1 aliphatic rings. The van der Waals surface area contributed by atoms with Gasteiger partial charge in [-0.25, -0.2) is 0 Å². The quantitative estimate of drug-likeness (QED) is 0.786. The van der Waals surface area contributed by atoms with Gasteiger partial charge in [0.1, 0.15) is 6.04 Å². The molecule has 2 aromatic rings. The molecule has 6 nitrogen and oxygen atoms in total. The molecule has 0 radical (unpaired) electrons. The second-order valence-electron chi connectivity index (χ2n) is 8.56. The van der Waals surface area contributed by atoms with Crippen molar-refractivity contribution in [2.75, 3.05) is 27.2 Å². The third-order valence-corrected chi connectivity index (χ3v) is 5.13. The van der Waals surface area contributed by atoms with Crippen LogP contribution in [0.1, 0.15) is 32.3 Å². The largest absolute Gasteiger partial charge is 0.361 e. The zero-order chi connectivity index (χ0) is 19.6. The van der Waals surface area contributed by atoms with Crippen LogP contribution in [0.3, 0.4) is 0 Å². The number of likely N-dealkylation sites (tertiary alicyclic amines) is 1. The normalized spacial score (nSPS) is 17.9. The highest BCUT2D eigenvalue weighted by molar-refractivity contribution is 5.91. The van der Waals surface area contributed by atoms with Crippen molar-refractivity contribution in [1.29, 1.82) is 0 Å². The van der Waals surface area contributed by atoms with E-state index in [9.17, 15) is 9.59 Å². The molecule has 1 aliphatic heterocycles. The minimum Gasteiger partial charge on any atom is -0.361 e. The molecule has 0 bridgehead atoms. The molecule has 1 unspecified atom stereocenters. The molecule has 2 amide bonds. The molecule has 1 fully saturated rings. The number of rotatable bonds is 7. The van der Waals surface area contributed by atoms with Gasteiger partial charge in [0.25, 0.3) is 0 Å². The SMILES string of the molecule is CN(C)CC(C)(C)CNC(=O)C1CCC(=O)N1Cc1c[nH]c2ccccc12. The van der Waals surface area contributed by atoms with Gasteiger partial charge in [0.05, 0.1) is 0 Å². The van der Waals surface area contributed by atoms with Gasteiger partial charge in [-0.3, -0.25) is 9.59 Å². The molecule has 1 saturated heterocycles. The fourth-order valence-corrected chi connectivity index (χ4v) is 4.01. The lowest BCUT2D eigenvalue weighted by molar-refractivity contribution is -0.136. The fourth-order valence-electron chi connectivity index (χ4n) is 4.01. The number of carbonyl (C=O) groups excluding carboxylic acids is 2. The maximum absolute atomic E-state index is 12.8. The van der Waals surface area contributed by atoms with Gasteiger partial charge in [0, 0.05) is 43.2 Å². The molecule has 1 aromatic heterocycles. The number of aromatic nitrogens is 1. The van der Waals surface area contributed by atoms with E-state index in [0.717, 1.165) is 23.0 Å². The summed E-state index contributed by atoms with van der Waals surface area (Å²) >= 11 is 0. The summed E-state index contributed by atoms with van der Waals surface area (Å²) < 4.78 is 0. The van der Waals surface area contributed by atoms with Crippen molar-refractivity contribution >= 4 is 22.7 Å². The smallest absolute Gasteiger partial charge is 0.242 e. The number of aromatic amines is 1. The van der Waals surface area contributed by atoms with Crippen LogP contribution in [-0.2, 0) is 16.1 Å². The van der Waals surface area contributed by atoms with Crippen LogP contribution in [-0.4, -0.2) is 59.8 Å². The highest BCUT2D eigenvalue weighted by Crippen LogP contribution is 2.26. The van der Waals surface area contributed by atoms with Crippen LogP contribution in [0.4, 0.5) is 0 Å². The van der Waals surface area contributed by atoms with Gasteiger partial charge >= 0.3 is 0 Å². The first-order valence-electron chi connectivity index (χ1n) is 9.54. The highest BCUT2D eigenvalue weighted by Gasteiger charge is 2.36. The van der Waals surface area contributed by atoms with Crippen molar-refractivity contribution < 1.29 is 9.59 Å².